The molecular formula is C14H17FN2O2. The van der Waals surface area contributed by atoms with E-state index in [9.17, 15) is 14.3 Å². The maximum Gasteiger partial charge on any atom is 0.255 e. The molecule has 0 aromatic heterocycles. The van der Waals surface area contributed by atoms with E-state index >= 15 is 0 Å². The molecule has 0 aliphatic carbocycles. The number of phenols is 1. The van der Waals surface area contributed by atoms with E-state index in [0.29, 0.717) is 5.92 Å². The standard InChI is InChI=1S/C14H17FN2O2/c15-10-1-2-11(13(18)7-10)14(19)16-12-8-17-5-3-9(12)4-6-17/h1-2,7,9,12,18H,3-6,8H2,(H,16,19). The first-order chi connectivity index (χ1) is 9.13. The average Bonchev–Trinajstić information content (AvgIpc) is 2.39. The Balaban J connectivity index is 1.71. The predicted molar refractivity (Wildman–Crippen MR) is 68.5 cm³/mol. The van der Waals surface area contributed by atoms with E-state index in [1.165, 1.54) is 12.1 Å². The molecule has 5 heteroatoms. The molecule has 0 radical (unpaired) electrons. The molecule has 1 aromatic rings. The molecule has 1 atom stereocenters. The zero-order valence-corrected chi connectivity index (χ0v) is 10.6. The molecular weight excluding hydrogens is 247 g/mol. The highest BCUT2D eigenvalue weighted by atomic mass is 19.1. The van der Waals surface area contributed by atoms with E-state index in [1.54, 1.807) is 0 Å². The van der Waals surface area contributed by atoms with E-state index in [4.69, 9.17) is 0 Å². The van der Waals surface area contributed by atoms with Gasteiger partial charge in [0.25, 0.3) is 5.91 Å². The largest absolute Gasteiger partial charge is 0.507 e. The summed E-state index contributed by atoms with van der Waals surface area (Å²) in [6.07, 6.45) is 2.22. The molecule has 0 saturated carbocycles. The summed E-state index contributed by atoms with van der Waals surface area (Å²) in [5.74, 6) is -0.650. The Morgan fingerprint density at radius 2 is 2.11 bits per heavy atom. The van der Waals surface area contributed by atoms with Crippen LogP contribution in [0.3, 0.4) is 0 Å². The highest BCUT2D eigenvalue weighted by molar-refractivity contribution is 5.97. The number of nitrogens with zero attached hydrogens (tertiary/aromatic N) is 1. The highest BCUT2D eigenvalue weighted by Gasteiger charge is 2.35. The van der Waals surface area contributed by atoms with Crippen LogP contribution in [0.4, 0.5) is 4.39 Å². The summed E-state index contributed by atoms with van der Waals surface area (Å²) in [7, 11) is 0. The number of carbonyl (C=O) groups excluding carboxylic acids is 1. The monoisotopic (exact) mass is 264 g/mol. The zero-order valence-electron chi connectivity index (χ0n) is 10.6. The van der Waals surface area contributed by atoms with Crippen molar-refractivity contribution in [2.24, 2.45) is 5.92 Å². The number of phenolic OH excluding ortho intramolecular Hbond substituents is 1. The van der Waals surface area contributed by atoms with Gasteiger partial charge in [-0.05, 0) is 44.0 Å². The molecule has 19 heavy (non-hydrogen) atoms. The third-order valence-electron chi connectivity index (χ3n) is 4.18. The fraction of sp³-hybridized carbons (Fsp3) is 0.500. The lowest BCUT2D eigenvalue weighted by molar-refractivity contribution is 0.0619. The summed E-state index contributed by atoms with van der Waals surface area (Å²) in [6.45, 7) is 3.09. The van der Waals surface area contributed by atoms with Crippen molar-refractivity contribution in [3.8, 4) is 5.75 Å². The molecule has 4 rings (SSSR count). The van der Waals surface area contributed by atoms with Gasteiger partial charge >= 0.3 is 0 Å². The van der Waals surface area contributed by atoms with Crippen molar-refractivity contribution >= 4 is 5.91 Å². The molecule has 2 N–H and O–H groups in total. The molecule has 3 aliphatic rings. The van der Waals surface area contributed by atoms with Crippen LogP contribution in [0.1, 0.15) is 23.2 Å². The van der Waals surface area contributed by atoms with Crippen molar-refractivity contribution in [3.05, 3.63) is 29.6 Å². The second-order valence-corrected chi connectivity index (χ2v) is 5.38. The lowest BCUT2D eigenvalue weighted by atomic mass is 9.84. The quantitative estimate of drug-likeness (QED) is 0.848. The number of benzene rings is 1. The molecule has 4 nitrogen and oxygen atoms in total. The maximum absolute atomic E-state index is 12.9. The number of hydrogen-bond acceptors (Lipinski definition) is 3. The number of hydrogen-bond donors (Lipinski definition) is 2. The molecule has 3 aliphatic heterocycles. The van der Waals surface area contributed by atoms with E-state index in [2.05, 4.69) is 10.2 Å². The van der Waals surface area contributed by atoms with E-state index in [1.807, 2.05) is 0 Å². The molecule has 1 amide bonds. The minimum Gasteiger partial charge on any atom is -0.507 e. The van der Waals surface area contributed by atoms with Gasteiger partial charge in [0.1, 0.15) is 11.6 Å². The van der Waals surface area contributed by atoms with Crippen LogP contribution in [0.5, 0.6) is 5.75 Å². The lowest BCUT2D eigenvalue weighted by Gasteiger charge is -2.44. The third kappa shape index (κ3) is 2.42. The molecule has 2 bridgehead atoms. The number of aromatic hydroxyl groups is 1. The molecule has 3 saturated heterocycles. The fourth-order valence-electron chi connectivity index (χ4n) is 3.07. The van der Waals surface area contributed by atoms with Gasteiger partial charge in [0, 0.05) is 18.7 Å². The Bertz CT molecular complexity index is 498. The topological polar surface area (TPSA) is 52.6 Å². The number of piperidine rings is 3. The Morgan fingerprint density at radius 3 is 2.68 bits per heavy atom. The van der Waals surface area contributed by atoms with Crippen molar-refractivity contribution in [2.45, 2.75) is 18.9 Å². The summed E-state index contributed by atoms with van der Waals surface area (Å²) in [4.78, 5) is 14.5. The van der Waals surface area contributed by atoms with Gasteiger partial charge < -0.3 is 15.3 Å². The van der Waals surface area contributed by atoms with Crippen molar-refractivity contribution in [1.82, 2.24) is 10.2 Å². The Hall–Kier alpha value is -1.62. The van der Waals surface area contributed by atoms with Crippen LogP contribution >= 0.6 is 0 Å². The van der Waals surface area contributed by atoms with Gasteiger partial charge in [-0.2, -0.15) is 0 Å². The molecule has 3 fully saturated rings. The number of fused-ring (bicyclic) bond motifs is 3. The maximum atomic E-state index is 12.9. The minimum atomic E-state index is -0.545. The van der Waals surface area contributed by atoms with Crippen LogP contribution in [-0.4, -0.2) is 41.6 Å². The van der Waals surface area contributed by atoms with Crippen molar-refractivity contribution in [1.29, 1.82) is 0 Å². The first-order valence-electron chi connectivity index (χ1n) is 6.65. The Labute approximate surface area is 111 Å². The van der Waals surface area contributed by atoms with Crippen LogP contribution in [0.2, 0.25) is 0 Å². The van der Waals surface area contributed by atoms with Gasteiger partial charge in [0.2, 0.25) is 0 Å². The van der Waals surface area contributed by atoms with Crippen molar-refractivity contribution in [2.75, 3.05) is 19.6 Å². The van der Waals surface area contributed by atoms with Crippen LogP contribution < -0.4 is 5.32 Å². The van der Waals surface area contributed by atoms with Crippen molar-refractivity contribution < 1.29 is 14.3 Å². The third-order valence-corrected chi connectivity index (χ3v) is 4.18. The molecule has 102 valence electrons. The molecule has 1 aromatic carbocycles. The van der Waals surface area contributed by atoms with Gasteiger partial charge in [0.05, 0.1) is 5.56 Å². The Kier molecular flexibility index (Phi) is 3.14. The summed E-state index contributed by atoms with van der Waals surface area (Å²) >= 11 is 0. The predicted octanol–water partition coefficient (Wildman–Crippen LogP) is 1.36. The van der Waals surface area contributed by atoms with Gasteiger partial charge in [-0.25, -0.2) is 4.39 Å². The normalized spacial score (nSPS) is 29.2. The van der Waals surface area contributed by atoms with Crippen molar-refractivity contribution in [3.63, 3.8) is 0 Å². The van der Waals surface area contributed by atoms with Gasteiger partial charge in [-0.3, -0.25) is 4.79 Å². The number of amides is 1. The van der Waals surface area contributed by atoms with Crippen LogP contribution in [0.25, 0.3) is 0 Å². The summed E-state index contributed by atoms with van der Waals surface area (Å²) < 4.78 is 12.9. The number of carbonyl (C=O) groups is 1. The minimum absolute atomic E-state index is 0.137. The van der Waals surface area contributed by atoms with Crippen LogP contribution in [0, 0.1) is 11.7 Å². The molecule has 0 spiro atoms. The van der Waals surface area contributed by atoms with Gasteiger partial charge in [-0.1, -0.05) is 0 Å². The zero-order chi connectivity index (χ0) is 13.4. The van der Waals surface area contributed by atoms with Crippen LogP contribution in [0.15, 0.2) is 18.2 Å². The van der Waals surface area contributed by atoms with Gasteiger partial charge in [0.15, 0.2) is 0 Å². The summed E-state index contributed by atoms with van der Waals surface area (Å²) in [5.41, 5.74) is 0.137. The lowest BCUT2D eigenvalue weighted by Crippen LogP contribution is -2.57. The number of nitrogens with one attached hydrogen (secondary N) is 1. The van der Waals surface area contributed by atoms with Gasteiger partial charge in [-0.15, -0.1) is 0 Å². The molecule has 1 unspecified atom stereocenters. The van der Waals surface area contributed by atoms with E-state index < -0.39 is 5.82 Å². The average molecular weight is 264 g/mol. The van der Waals surface area contributed by atoms with E-state index in [0.717, 1.165) is 38.5 Å². The summed E-state index contributed by atoms with van der Waals surface area (Å²) in [5, 5.41) is 12.6. The number of halogens is 1. The van der Waals surface area contributed by atoms with E-state index in [-0.39, 0.29) is 23.3 Å². The summed E-state index contributed by atoms with van der Waals surface area (Å²) in [6, 6.07) is 3.61. The molecule has 3 heterocycles. The highest BCUT2D eigenvalue weighted by Crippen LogP contribution is 2.28. The first-order valence-corrected chi connectivity index (χ1v) is 6.65. The first kappa shape index (κ1) is 12.4. The van der Waals surface area contributed by atoms with Crippen LogP contribution in [-0.2, 0) is 0 Å². The Morgan fingerprint density at radius 1 is 1.37 bits per heavy atom. The fourth-order valence-corrected chi connectivity index (χ4v) is 3.07. The second-order valence-electron chi connectivity index (χ2n) is 5.38. The number of rotatable bonds is 2. The SMILES string of the molecule is O=C(NC1CN2CCC1CC2)c1ccc(F)cc1O. The smallest absolute Gasteiger partial charge is 0.255 e. The second kappa shape index (κ2) is 4.81.